The molecule has 1 saturated carbocycles. The summed E-state index contributed by atoms with van der Waals surface area (Å²) >= 11 is 0. The van der Waals surface area contributed by atoms with E-state index < -0.39 is 0 Å². The lowest BCUT2D eigenvalue weighted by molar-refractivity contribution is 0.0996. The van der Waals surface area contributed by atoms with Gasteiger partial charge in [-0.05, 0) is 31.1 Å². The van der Waals surface area contributed by atoms with Gasteiger partial charge in [0.25, 0.3) is 0 Å². The van der Waals surface area contributed by atoms with Crippen LogP contribution in [0.2, 0.25) is 0 Å². The summed E-state index contributed by atoms with van der Waals surface area (Å²) in [6.07, 6.45) is 5.33. The van der Waals surface area contributed by atoms with Gasteiger partial charge in [-0.1, -0.05) is 18.6 Å². The van der Waals surface area contributed by atoms with Crippen molar-refractivity contribution in [2.24, 2.45) is 11.3 Å². The lowest BCUT2D eigenvalue weighted by Gasteiger charge is -2.54. The van der Waals surface area contributed by atoms with Gasteiger partial charge in [0, 0.05) is 0 Å². The highest BCUT2D eigenvalue weighted by Crippen LogP contribution is 2.58. The molecule has 0 aromatic rings. The molecule has 1 fully saturated rings. The number of hydrogen-bond acceptors (Lipinski definition) is 0. The maximum atomic E-state index is 2.43. The van der Waals surface area contributed by atoms with Crippen molar-refractivity contribution in [3.05, 3.63) is 11.6 Å². The van der Waals surface area contributed by atoms with Gasteiger partial charge in [-0.2, -0.15) is 0 Å². The second-order valence-electron chi connectivity index (χ2n) is 3.49. The summed E-state index contributed by atoms with van der Waals surface area (Å²) in [7, 11) is 0. The zero-order chi connectivity index (χ0) is 5.78. The number of allylic oxidation sites excluding steroid dienone is 2. The molecule has 0 N–H and O–H groups in total. The summed E-state index contributed by atoms with van der Waals surface area (Å²) in [5.41, 5.74) is 2.31. The SMILES string of the molecule is CC1=CC2(C)CCC12. The lowest BCUT2D eigenvalue weighted by Crippen LogP contribution is -2.43. The third-order valence-electron chi connectivity index (χ3n) is 2.87. The van der Waals surface area contributed by atoms with E-state index in [1.807, 2.05) is 0 Å². The molecule has 2 aliphatic rings. The molecule has 0 heteroatoms. The molecule has 0 aromatic heterocycles. The van der Waals surface area contributed by atoms with Crippen molar-refractivity contribution < 1.29 is 0 Å². The second kappa shape index (κ2) is 1.02. The van der Waals surface area contributed by atoms with E-state index in [2.05, 4.69) is 19.9 Å². The Hall–Kier alpha value is -0.260. The fraction of sp³-hybridized carbons (Fsp3) is 0.750. The van der Waals surface area contributed by atoms with Gasteiger partial charge >= 0.3 is 0 Å². The van der Waals surface area contributed by atoms with Crippen LogP contribution in [0.3, 0.4) is 0 Å². The van der Waals surface area contributed by atoms with Crippen molar-refractivity contribution in [3.8, 4) is 0 Å². The molecule has 8 heavy (non-hydrogen) atoms. The van der Waals surface area contributed by atoms with E-state index in [9.17, 15) is 0 Å². The Balaban J connectivity index is 2.29. The summed E-state index contributed by atoms with van der Waals surface area (Å²) in [6, 6.07) is 0. The van der Waals surface area contributed by atoms with Gasteiger partial charge in [-0.25, -0.2) is 0 Å². The molecule has 0 aromatic carbocycles. The van der Waals surface area contributed by atoms with Gasteiger partial charge in [0.2, 0.25) is 0 Å². The van der Waals surface area contributed by atoms with Gasteiger partial charge in [0.1, 0.15) is 0 Å². The molecular formula is C8H12. The van der Waals surface area contributed by atoms with Crippen molar-refractivity contribution in [1.29, 1.82) is 0 Å². The Kier molecular flexibility index (Phi) is 0.588. The van der Waals surface area contributed by atoms with E-state index in [0.717, 1.165) is 5.92 Å². The first-order chi connectivity index (χ1) is 3.72. The average Bonchev–Trinajstić information content (AvgIpc) is 1.64. The minimum Gasteiger partial charge on any atom is -0.0787 e. The van der Waals surface area contributed by atoms with Crippen LogP contribution in [0, 0.1) is 11.3 Å². The third-order valence-corrected chi connectivity index (χ3v) is 2.87. The van der Waals surface area contributed by atoms with Crippen LogP contribution in [0.5, 0.6) is 0 Å². The van der Waals surface area contributed by atoms with E-state index in [1.165, 1.54) is 12.8 Å². The fourth-order valence-corrected chi connectivity index (χ4v) is 2.19. The Morgan fingerprint density at radius 3 is 2.50 bits per heavy atom. The largest absolute Gasteiger partial charge is 0.0787 e. The smallest absolute Gasteiger partial charge is 0.00783 e. The molecule has 2 aliphatic carbocycles. The molecule has 0 nitrogen and oxygen atoms in total. The molecule has 0 saturated heterocycles. The fourth-order valence-electron chi connectivity index (χ4n) is 2.19. The zero-order valence-electron chi connectivity index (χ0n) is 5.57. The normalized spacial score (nSPS) is 50.8. The number of fused-ring (bicyclic) bond motifs is 1. The van der Waals surface area contributed by atoms with Crippen LogP contribution in [0.25, 0.3) is 0 Å². The Bertz CT molecular complexity index is 155. The van der Waals surface area contributed by atoms with Crippen LogP contribution in [0.4, 0.5) is 0 Å². The van der Waals surface area contributed by atoms with Gasteiger partial charge < -0.3 is 0 Å². The molecule has 2 unspecified atom stereocenters. The quantitative estimate of drug-likeness (QED) is 0.418. The third kappa shape index (κ3) is 0.300. The standard InChI is InChI=1S/C8H12/c1-6-5-8(2)4-3-7(6)8/h5,7H,3-4H2,1-2H3. The van der Waals surface area contributed by atoms with Gasteiger partial charge in [0.05, 0.1) is 0 Å². The molecule has 0 spiro atoms. The van der Waals surface area contributed by atoms with Crippen molar-refractivity contribution >= 4 is 0 Å². The van der Waals surface area contributed by atoms with Gasteiger partial charge in [-0.15, -0.1) is 0 Å². The highest BCUT2D eigenvalue weighted by atomic mass is 14.5. The minimum atomic E-state index is 0.671. The molecule has 2 atom stereocenters. The van der Waals surface area contributed by atoms with E-state index >= 15 is 0 Å². The zero-order valence-corrected chi connectivity index (χ0v) is 5.57. The number of hydrogen-bond donors (Lipinski definition) is 0. The first kappa shape index (κ1) is 4.60. The van der Waals surface area contributed by atoms with E-state index in [4.69, 9.17) is 0 Å². The monoisotopic (exact) mass is 108 g/mol. The summed E-state index contributed by atoms with van der Waals surface area (Å²) in [4.78, 5) is 0. The second-order valence-corrected chi connectivity index (χ2v) is 3.49. The topological polar surface area (TPSA) is 0 Å². The highest BCUT2D eigenvalue weighted by molar-refractivity contribution is 5.30. The van der Waals surface area contributed by atoms with Gasteiger partial charge in [-0.3, -0.25) is 0 Å². The van der Waals surface area contributed by atoms with Crippen molar-refractivity contribution in [2.75, 3.05) is 0 Å². The molecule has 0 radical (unpaired) electrons. The van der Waals surface area contributed by atoms with Crippen molar-refractivity contribution in [2.45, 2.75) is 26.7 Å². The molecule has 0 amide bonds. The first-order valence-corrected chi connectivity index (χ1v) is 3.42. The predicted molar refractivity (Wildman–Crippen MR) is 34.6 cm³/mol. The molecule has 0 aliphatic heterocycles. The summed E-state index contributed by atoms with van der Waals surface area (Å²) in [6.45, 7) is 4.62. The van der Waals surface area contributed by atoms with E-state index in [0.29, 0.717) is 5.41 Å². The average molecular weight is 108 g/mol. The highest BCUT2D eigenvalue weighted by Gasteiger charge is 2.48. The Morgan fingerprint density at radius 2 is 2.50 bits per heavy atom. The maximum absolute atomic E-state index is 2.43. The predicted octanol–water partition coefficient (Wildman–Crippen LogP) is 2.36. The van der Waals surface area contributed by atoms with Crippen LogP contribution >= 0.6 is 0 Å². The lowest BCUT2D eigenvalue weighted by atomic mass is 9.51. The minimum absolute atomic E-state index is 0.671. The molecule has 2 rings (SSSR count). The van der Waals surface area contributed by atoms with Crippen LogP contribution < -0.4 is 0 Å². The molecule has 0 heterocycles. The molecular weight excluding hydrogens is 96.1 g/mol. The maximum Gasteiger partial charge on any atom is -0.00783 e. The number of rotatable bonds is 0. The van der Waals surface area contributed by atoms with Crippen LogP contribution in [-0.2, 0) is 0 Å². The summed E-state index contributed by atoms with van der Waals surface area (Å²) in [5, 5.41) is 0. The van der Waals surface area contributed by atoms with Crippen LogP contribution in [0.1, 0.15) is 26.7 Å². The van der Waals surface area contributed by atoms with Crippen LogP contribution in [0.15, 0.2) is 11.6 Å². The first-order valence-electron chi connectivity index (χ1n) is 3.42. The Morgan fingerprint density at radius 1 is 1.75 bits per heavy atom. The van der Waals surface area contributed by atoms with Crippen LogP contribution in [-0.4, -0.2) is 0 Å². The molecule has 0 bridgehead atoms. The molecule has 44 valence electrons. The summed E-state index contributed by atoms with van der Waals surface area (Å²) in [5.74, 6) is 0.988. The summed E-state index contributed by atoms with van der Waals surface area (Å²) < 4.78 is 0. The van der Waals surface area contributed by atoms with Gasteiger partial charge in [0.15, 0.2) is 0 Å². The van der Waals surface area contributed by atoms with Crippen molar-refractivity contribution in [3.63, 3.8) is 0 Å². The Labute approximate surface area is 50.6 Å². The van der Waals surface area contributed by atoms with E-state index in [1.54, 1.807) is 5.57 Å². The van der Waals surface area contributed by atoms with E-state index in [-0.39, 0.29) is 0 Å². The van der Waals surface area contributed by atoms with Crippen molar-refractivity contribution in [1.82, 2.24) is 0 Å².